The molecule has 3 amide bonds. The van der Waals surface area contributed by atoms with E-state index in [1.807, 2.05) is 49.5 Å². The maximum atomic E-state index is 14.2. The molecule has 10 nitrogen and oxygen atoms in total. The van der Waals surface area contributed by atoms with E-state index in [4.69, 9.17) is 4.74 Å². The first-order chi connectivity index (χ1) is 20.7. The molecule has 4 aliphatic heterocycles. The third-order valence-corrected chi connectivity index (χ3v) is 10.1. The SMILES string of the molecule is CN1C[C@@H](C(=O)N[C@]2(C)O[C@@]3(O)[C@@H]4CCCN4C(=O)[C@@H](Cc4ccccc4)N3C2=O)C=C2c3cccc4[nH]cc(c34)C[C@H]21. The maximum Gasteiger partial charge on any atom is 0.280 e. The Labute approximate surface area is 249 Å². The third-order valence-electron chi connectivity index (χ3n) is 10.1. The summed E-state index contributed by atoms with van der Waals surface area (Å²) in [5.74, 6) is -3.77. The van der Waals surface area contributed by atoms with E-state index in [-0.39, 0.29) is 24.3 Å². The van der Waals surface area contributed by atoms with Gasteiger partial charge >= 0.3 is 0 Å². The van der Waals surface area contributed by atoms with Crippen LogP contribution >= 0.6 is 0 Å². The average Bonchev–Trinajstić information content (AvgIpc) is 3.70. The normalized spacial score (nSPS) is 33.3. The second-order valence-corrected chi connectivity index (χ2v) is 12.8. The number of piperazine rings is 1. The van der Waals surface area contributed by atoms with Crippen LogP contribution in [0.5, 0.6) is 0 Å². The highest BCUT2D eigenvalue weighted by Gasteiger charge is 2.70. The van der Waals surface area contributed by atoms with Crippen LogP contribution in [-0.4, -0.2) is 92.4 Å². The highest BCUT2D eigenvalue weighted by Crippen LogP contribution is 2.46. The molecule has 0 radical (unpaired) electrons. The molecule has 8 rings (SSSR count). The number of benzene rings is 2. The molecule has 6 atom stereocenters. The number of aromatic amines is 1. The van der Waals surface area contributed by atoms with Crippen molar-refractivity contribution in [2.45, 2.75) is 62.4 Å². The van der Waals surface area contributed by atoms with E-state index in [0.717, 1.165) is 28.6 Å². The first kappa shape index (κ1) is 26.6. The smallest absolute Gasteiger partial charge is 0.280 e. The van der Waals surface area contributed by atoms with Crippen LogP contribution < -0.4 is 5.32 Å². The Balaban J connectivity index is 1.11. The number of carbonyl (C=O) groups is 3. The van der Waals surface area contributed by atoms with Gasteiger partial charge in [-0.2, -0.15) is 0 Å². The number of nitrogens with zero attached hydrogens (tertiary/aromatic N) is 3. The number of rotatable bonds is 4. The fourth-order valence-corrected chi connectivity index (χ4v) is 8.12. The first-order valence-electron chi connectivity index (χ1n) is 15.1. The second-order valence-electron chi connectivity index (χ2n) is 12.8. The van der Waals surface area contributed by atoms with Crippen LogP contribution in [0.4, 0.5) is 0 Å². The standard InChI is InChI=1S/C33H35N5O5/c1-32(35-29(39)21-15-23-22-10-6-11-24-28(22)20(17-34-24)16-25(23)36(2)18-21)31(41)38-26(14-19-8-4-3-5-9-19)30(40)37-13-7-12-27(37)33(38,42)43-32/h3-6,8-11,15,17,21,25-27,34,42H,7,12-14,16,18H2,1-2H3,(H,35,39)/t21-,25+,26+,27-,32+,33-/m0/s1. The maximum absolute atomic E-state index is 14.2. The summed E-state index contributed by atoms with van der Waals surface area (Å²) in [5, 5.41) is 16.1. The van der Waals surface area contributed by atoms with Crippen LogP contribution in [0.25, 0.3) is 16.5 Å². The van der Waals surface area contributed by atoms with Gasteiger partial charge in [0.15, 0.2) is 0 Å². The fourth-order valence-electron chi connectivity index (χ4n) is 8.12. The Kier molecular flexibility index (Phi) is 5.73. The molecule has 3 saturated heterocycles. The molecule has 10 heteroatoms. The summed E-state index contributed by atoms with van der Waals surface area (Å²) in [5.41, 5.74) is 3.58. The number of ether oxygens (including phenoxy) is 1. The van der Waals surface area contributed by atoms with Gasteiger partial charge in [-0.1, -0.05) is 48.5 Å². The van der Waals surface area contributed by atoms with Crippen LogP contribution in [0.3, 0.4) is 0 Å². The number of aromatic nitrogens is 1. The molecule has 0 spiro atoms. The molecule has 0 saturated carbocycles. The van der Waals surface area contributed by atoms with Crippen LogP contribution in [0.15, 0.2) is 60.8 Å². The Morgan fingerprint density at radius 3 is 2.79 bits per heavy atom. The van der Waals surface area contributed by atoms with E-state index in [2.05, 4.69) is 33.5 Å². The summed E-state index contributed by atoms with van der Waals surface area (Å²) >= 11 is 0. The van der Waals surface area contributed by atoms with Crippen molar-refractivity contribution >= 4 is 34.2 Å². The molecule has 5 heterocycles. The molecular weight excluding hydrogens is 546 g/mol. The zero-order valence-electron chi connectivity index (χ0n) is 24.2. The molecular formula is C33H35N5O5. The van der Waals surface area contributed by atoms with E-state index in [9.17, 15) is 19.5 Å². The van der Waals surface area contributed by atoms with Gasteiger partial charge in [-0.05, 0) is 61.6 Å². The fraction of sp³-hybridized carbons (Fsp3) is 0.424. The Hall–Kier alpha value is -3.99. The number of hydrogen-bond acceptors (Lipinski definition) is 6. The lowest BCUT2D eigenvalue weighted by atomic mass is 9.79. The number of fused-ring (bicyclic) bond motifs is 5. The number of H-pyrrole nitrogens is 1. The molecule has 3 aromatic rings. The van der Waals surface area contributed by atoms with Crippen molar-refractivity contribution in [1.82, 2.24) is 25.0 Å². The topological polar surface area (TPSA) is 118 Å². The van der Waals surface area contributed by atoms with Gasteiger partial charge in [0.1, 0.15) is 12.1 Å². The Morgan fingerprint density at radius 1 is 1.16 bits per heavy atom. The molecule has 1 aliphatic carbocycles. The quantitative estimate of drug-likeness (QED) is 0.434. The van der Waals surface area contributed by atoms with Gasteiger partial charge in [0, 0.05) is 42.7 Å². The van der Waals surface area contributed by atoms with E-state index in [0.29, 0.717) is 25.9 Å². The summed E-state index contributed by atoms with van der Waals surface area (Å²) in [6.07, 6.45) is 6.38. The van der Waals surface area contributed by atoms with Crippen molar-refractivity contribution in [1.29, 1.82) is 0 Å². The van der Waals surface area contributed by atoms with Crippen molar-refractivity contribution in [3.8, 4) is 0 Å². The molecule has 1 aromatic heterocycles. The minimum Gasteiger partial charge on any atom is -0.361 e. The lowest BCUT2D eigenvalue weighted by Crippen LogP contribution is -2.71. The molecule has 0 bridgehead atoms. The third kappa shape index (κ3) is 3.79. The van der Waals surface area contributed by atoms with Gasteiger partial charge in [-0.3, -0.25) is 28.9 Å². The van der Waals surface area contributed by atoms with E-state index in [1.165, 1.54) is 22.8 Å². The zero-order chi connectivity index (χ0) is 29.7. The molecule has 3 N–H and O–H groups in total. The van der Waals surface area contributed by atoms with Crippen molar-refractivity contribution in [3.05, 3.63) is 77.5 Å². The number of aliphatic hydroxyl groups is 1. The summed E-state index contributed by atoms with van der Waals surface area (Å²) in [4.78, 5) is 50.2. The minimum absolute atomic E-state index is 0.144. The van der Waals surface area contributed by atoms with E-state index in [1.54, 1.807) is 4.90 Å². The van der Waals surface area contributed by atoms with Crippen LogP contribution in [0, 0.1) is 5.92 Å². The highest BCUT2D eigenvalue weighted by molar-refractivity contribution is 6.00. The highest BCUT2D eigenvalue weighted by atomic mass is 16.7. The van der Waals surface area contributed by atoms with Gasteiger partial charge in [-0.25, -0.2) is 0 Å². The molecule has 5 aliphatic rings. The van der Waals surface area contributed by atoms with Crippen LogP contribution in [0.2, 0.25) is 0 Å². The van der Waals surface area contributed by atoms with Gasteiger partial charge in [-0.15, -0.1) is 0 Å². The summed E-state index contributed by atoms with van der Waals surface area (Å²) < 4.78 is 6.23. The average molecular weight is 582 g/mol. The van der Waals surface area contributed by atoms with Crippen molar-refractivity contribution in [2.75, 3.05) is 20.1 Å². The van der Waals surface area contributed by atoms with Crippen molar-refractivity contribution in [2.24, 2.45) is 5.92 Å². The Bertz CT molecular complexity index is 1700. The molecule has 43 heavy (non-hydrogen) atoms. The Morgan fingerprint density at radius 2 is 1.98 bits per heavy atom. The largest absolute Gasteiger partial charge is 0.361 e. The first-order valence-corrected chi connectivity index (χ1v) is 15.1. The second kappa shape index (κ2) is 9.25. The lowest BCUT2D eigenvalue weighted by molar-refractivity contribution is -0.315. The van der Waals surface area contributed by atoms with Crippen molar-refractivity contribution < 1.29 is 24.2 Å². The number of likely N-dealkylation sites (N-methyl/N-ethyl adjacent to an activating group) is 1. The van der Waals surface area contributed by atoms with Gasteiger partial charge in [0.25, 0.3) is 11.8 Å². The molecule has 222 valence electrons. The monoisotopic (exact) mass is 581 g/mol. The number of nitrogens with one attached hydrogen (secondary N) is 2. The summed E-state index contributed by atoms with van der Waals surface area (Å²) in [6, 6.07) is 14.1. The van der Waals surface area contributed by atoms with Crippen LogP contribution in [0.1, 0.15) is 36.5 Å². The van der Waals surface area contributed by atoms with Crippen LogP contribution in [-0.2, 0) is 32.0 Å². The molecule has 3 fully saturated rings. The number of carbonyl (C=O) groups excluding carboxylic acids is 3. The van der Waals surface area contributed by atoms with Crippen molar-refractivity contribution in [3.63, 3.8) is 0 Å². The number of hydrogen-bond donors (Lipinski definition) is 3. The summed E-state index contributed by atoms with van der Waals surface area (Å²) in [6.45, 7) is 2.45. The molecule has 0 unspecified atom stereocenters. The predicted molar refractivity (Wildman–Crippen MR) is 158 cm³/mol. The minimum atomic E-state index is -2.04. The summed E-state index contributed by atoms with van der Waals surface area (Å²) in [7, 11) is 2.02. The van der Waals surface area contributed by atoms with E-state index < -0.39 is 35.5 Å². The predicted octanol–water partition coefficient (Wildman–Crippen LogP) is 1.99. The zero-order valence-corrected chi connectivity index (χ0v) is 24.2. The van der Waals surface area contributed by atoms with Gasteiger partial charge < -0.3 is 20.3 Å². The van der Waals surface area contributed by atoms with E-state index >= 15 is 0 Å². The van der Waals surface area contributed by atoms with Gasteiger partial charge in [0.2, 0.25) is 17.5 Å². The van der Waals surface area contributed by atoms with Gasteiger partial charge in [0.05, 0.1) is 5.92 Å². The molecule has 2 aromatic carbocycles. The lowest BCUT2D eigenvalue weighted by Gasteiger charge is -2.48. The number of amides is 3.